The van der Waals surface area contributed by atoms with Crippen molar-refractivity contribution in [3.63, 3.8) is 0 Å². The highest BCUT2D eigenvalue weighted by atomic mass is 32.2. The smallest absolute Gasteiger partial charge is 0.258 e. The van der Waals surface area contributed by atoms with Crippen molar-refractivity contribution in [1.29, 1.82) is 0 Å². The monoisotopic (exact) mass is 325 g/mol. The van der Waals surface area contributed by atoms with Crippen LogP contribution in [0, 0.1) is 0 Å². The van der Waals surface area contributed by atoms with Gasteiger partial charge in [-0.25, -0.2) is 0 Å². The zero-order valence-corrected chi connectivity index (χ0v) is 14.0. The van der Waals surface area contributed by atoms with Gasteiger partial charge in [-0.2, -0.15) is 0 Å². The normalized spacial score (nSPS) is 13.8. The van der Waals surface area contributed by atoms with Gasteiger partial charge in [0.05, 0.1) is 12.0 Å². The van der Waals surface area contributed by atoms with Crippen LogP contribution in [0.25, 0.3) is 0 Å². The van der Waals surface area contributed by atoms with E-state index in [9.17, 15) is 9.90 Å². The second-order valence-electron chi connectivity index (χ2n) is 4.62. The first-order valence-electron chi connectivity index (χ1n) is 7.31. The van der Waals surface area contributed by atoms with Crippen molar-refractivity contribution in [3.05, 3.63) is 42.7 Å². The lowest BCUT2D eigenvalue weighted by atomic mass is 9.99. The van der Waals surface area contributed by atoms with Gasteiger partial charge in [-0.05, 0) is 38.5 Å². The van der Waals surface area contributed by atoms with E-state index in [2.05, 4.69) is 0 Å². The van der Waals surface area contributed by atoms with E-state index in [1.54, 1.807) is 11.8 Å². The van der Waals surface area contributed by atoms with Gasteiger partial charge in [0.25, 0.3) is 5.91 Å². The number of likely N-dealkylation sites (N-methyl/N-ethyl adjacent to an activating group) is 1. The summed E-state index contributed by atoms with van der Waals surface area (Å²) in [7, 11) is 0. The van der Waals surface area contributed by atoms with Gasteiger partial charge in [0.2, 0.25) is 0 Å². The average Bonchev–Trinajstić information content (AvgIpc) is 2.56. The number of hydrogen-bond acceptors (Lipinski definition) is 5. The summed E-state index contributed by atoms with van der Waals surface area (Å²) in [6, 6.07) is 9.44. The summed E-state index contributed by atoms with van der Waals surface area (Å²) in [4.78, 5) is 19.6. The van der Waals surface area contributed by atoms with Crippen LogP contribution in [0.4, 0.5) is 0 Å². The van der Waals surface area contributed by atoms with Crippen molar-refractivity contribution in [1.82, 2.24) is 4.90 Å². The van der Waals surface area contributed by atoms with Crippen LogP contribution in [0.1, 0.15) is 27.2 Å². The Kier molecular flexibility index (Phi) is 8.01. The van der Waals surface area contributed by atoms with Gasteiger partial charge in [-0.15, -0.1) is 4.33 Å². The van der Waals surface area contributed by atoms with Crippen LogP contribution in [0.15, 0.2) is 47.6 Å². The van der Waals surface area contributed by atoms with Crippen molar-refractivity contribution in [2.24, 2.45) is 0 Å². The van der Waals surface area contributed by atoms with Gasteiger partial charge in [-0.3, -0.25) is 4.79 Å². The molecule has 0 aromatic heterocycles. The van der Waals surface area contributed by atoms with E-state index in [-0.39, 0.29) is 12.3 Å². The summed E-state index contributed by atoms with van der Waals surface area (Å²) < 4.78 is 4.95. The molecule has 0 aliphatic rings. The number of amides is 1. The third kappa shape index (κ3) is 5.36. The standard InChI is InChI=1S/C16H23NO4S/c1-4-16(19,15(18)17(5-2)6-3)12-13-20-21-22-14-10-8-7-9-11-14/h7-13,19H,4-6H2,1-3H3/b13-12+. The number of aliphatic hydroxyl groups is 1. The molecule has 5 nitrogen and oxygen atoms in total. The number of carbonyl (C=O) groups is 1. The fourth-order valence-corrected chi connectivity index (χ4v) is 2.25. The molecule has 1 N–H and O–H groups in total. The lowest BCUT2D eigenvalue weighted by molar-refractivity contribution is -0.148. The molecule has 0 aliphatic heterocycles. The molecule has 0 saturated heterocycles. The third-order valence-corrected chi connectivity index (χ3v) is 3.88. The highest BCUT2D eigenvalue weighted by Crippen LogP contribution is 2.20. The van der Waals surface area contributed by atoms with Gasteiger partial charge in [0.15, 0.2) is 5.60 Å². The van der Waals surface area contributed by atoms with Crippen LogP contribution in [-0.2, 0) is 14.0 Å². The van der Waals surface area contributed by atoms with E-state index in [1.807, 2.05) is 44.2 Å². The van der Waals surface area contributed by atoms with Crippen LogP contribution in [0.3, 0.4) is 0 Å². The summed E-state index contributed by atoms with van der Waals surface area (Å²) in [6.07, 6.45) is 2.77. The van der Waals surface area contributed by atoms with Crippen molar-refractivity contribution < 1.29 is 19.1 Å². The molecule has 1 unspecified atom stereocenters. The molecule has 122 valence electrons. The lowest BCUT2D eigenvalue weighted by Gasteiger charge is -2.28. The first-order valence-corrected chi connectivity index (χ1v) is 8.06. The Balaban J connectivity index is 2.52. The number of hydrogen-bond donors (Lipinski definition) is 1. The molecule has 1 rings (SSSR count). The Bertz CT molecular complexity index is 476. The van der Waals surface area contributed by atoms with E-state index >= 15 is 0 Å². The van der Waals surface area contributed by atoms with Crippen molar-refractivity contribution in [3.8, 4) is 0 Å². The maximum absolute atomic E-state index is 12.3. The fourth-order valence-electron chi connectivity index (χ4n) is 1.82. The van der Waals surface area contributed by atoms with Gasteiger partial charge >= 0.3 is 0 Å². The number of benzene rings is 1. The minimum Gasteiger partial charge on any atom is -0.376 e. The maximum atomic E-state index is 12.3. The lowest BCUT2D eigenvalue weighted by Crippen LogP contribution is -2.47. The average molecular weight is 325 g/mol. The van der Waals surface area contributed by atoms with Gasteiger partial charge < -0.3 is 14.9 Å². The number of rotatable bonds is 9. The number of nitrogens with zero attached hydrogens (tertiary/aromatic N) is 1. The van der Waals surface area contributed by atoms with Crippen LogP contribution in [-0.4, -0.2) is 34.6 Å². The van der Waals surface area contributed by atoms with Crippen LogP contribution in [0.2, 0.25) is 0 Å². The van der Waals surface area contributed by atoms with Crippen LogP contribution < -0.4 is 0 Å². The van der Waals surface area contributed by atoms with Crippen molar-refractivity contribution >= 4 is 17.9 Å². The molecule has 1 amide bonds. The molecule has 22 heavy (non-hydrogen) atoms. The van der Waals surface area contributed by atoms with E-state index in [1.165, 1.54) is 12.3 Å². The Labute approximate surface area is 136 Å². The Hall–Kier alpha value is -1.50. The predicted molar refractivity (Wildman–Crippen MR) is 86.8 cm³/mol. The minimum atomic E-state index is -1.58. The van der Waals surface area contributed by atoms with Crippen LogP contribution >= 0.6 is 12.0 Å². The molecule has 0 heterocycles. The molecule has 0 aliphatic carbocycles. The van der Waals surface area contributed by atoms with E-state index < -0.39 is 5.60 Å². The third-order valence-electron chi connectivity index (χ3n) is 3.27. The van der Waals surface area contributed by atoms with Gasteiger partial charge in [-0.1, -0.05) is 25.1 Å². The Morgan fingerprint density at radius 1 is 1.27 bits per heavy atom. The van der Waals surface area contributed by atoms with Crippen LogP contribution in [0.5, 0.6) is 0 Å². The number of carbonyl (C=O) groups excluding carboxylic acids is 1. The van der Waals surface area contributed by atoms with E-state index in [4.69, 9.17) is 9.22 Å². The molecule has 0 saturated carbocycles. The van der Waals surface area contributed by atoms with Gasteiger partial charge in [0.1, 0.15) is 6.26 Å². The molecule has 0 spiro atoms. The van der Waals surface area contributed by atoms with Gasteiger partial charge in [0, 0.05) is 18.0 Å². The zero-order valence-electron chi connectivity index (χ0n) is 13.2. The summed E-state index contributed by atoms with van der Waals surface area (Å²) >= 11 is 1.05. The molecular formula is C16H23NO4S. The van der Waals surface area contributed by atoms with Crippen molar-refractivity contribution in [2.75, 3.05) is 13.1 Å². The molecule has 6 heteroatoms. The summed E-state index contributed by atoms with van der Waals surface area (Å²) in [5.74, 6) is -0.337. The largest absolute Gasteiger partial charge is 0.376 e. The molecule has 1 aromatic carbocycles. The second-order valence-corrected chi connectivity index (χ2v) is 5.39. The quantitative estimate of drug-likeness (QED) is 0.248. The first kappa shape index (κ1) is 18.5. The predicted octanol–water partition coefficient (Wildman–Crippen LogP) is 3.17. The SMILES string of the molecule is CCN(CC)C(=O)C(O)(/C=C/OOSc1ccccc1)CC. The second kappa shape index (κ2) is 9.50. The maximum Gasteiger partial charge on any atom is 0.258 e. The van der Waals surface area contributed by atoms with E-state index in [0.717, 1.165) is 16.9 Å². The Morgan fingerprint density at radius 3 is 2.45 bits per heavy atom. The summed E-state index contributed by atoms with van der Waals surface area (Å²) in [6.45, 7) is 6.58. The molecule has 0 radical (unpaired) electrons. The molecule has 1 aromatic rings. The molecular weight excluding hydrogens is 302 g/mol. The molecule has 0 fully saturated rings. The molecule has 1 atom stereocenters. The summed E-state index contributed by atoms with van der Waals surface area (Å²) in [5, 5.41) is 10.4. The highest BCUT2D eigenvalue weighted by Gasteiger charge is 2.34. The molecule has 0 bridgehead atoms. The summed E-state index contributed by atoms with van der Waals surface area (Å²) in [5.41, 5.74) is -1.58. The van der Waals surface area contributed by atoms with E-state index in [0.29, 0.717) is 13.1 Å². The first-order chi connectivity index (χ1) is 10.6. The minimum absolute atomic E-state index is 0.258. The fraction of sp³-hybridized carbons (Fsp3) is 0.438. The van der Waals surface area contributed by atoms with Crippen molar-refractivity contribution in [2.45, 2.75) is 37.7 Å². The topological polar surface area (TPSA) is 59.0 Å². The Morgan fingerprint density at radius 2 is 1.91 bits per heavy atom. The highest BCUT2D eigenvalue weighted by molar-refractivity contribution is 7.94. The zero-order chi connectivity index (χ0) is 16.4.